The Morgan fingerprint density at radius 3 is 3.00 bits per heavy atom. The van der Waals surface area contributed by atoms with Crippen LogP contribution < -0.4 is 10.1 Å². The Morgan fingerprint density at radius 1 is 1.29 bits per heavy atom. The van der Waals surface area contributed by atoms with Gasteiger partial charge in [0, 0.05) is 11.6 Å². The Labute approximate surface area is 103 Å². The fraction of sp³-hybridized carbons (Fsp3) is 0.600. The van der Waals surface area contributed by atoms with Crippen LogP contribution in [0.25, 0.3) is 0 Å². The molecule has 1 aromatic carbocycles. The topological polar surface area (TPSA) is 21.3 Å². The fourth-order valence-electron chi connectivity index (χ4n) is 3.18. The van der Waals surface area contributed by atoms with E-state index in [1.807, 2.05) is 6.07 Å². The predicted octanol–water partition coefficient (Wildman–Crippen LogP) is 3.29. The molecule has 1 saturated carbocycles. The zero-order valence-electron chi connectivity index (χ0n) is 10.5. The fourth-order valence-corrected chi connectivity index (χ4v) is 3.18. The molecule has 0 radical (unpaired) electrons. The Morgan fingerprint density at radius 2 is 2.18 bits per heavy atom. The van der Waals surface area contributed by atoms with E-state index in [4.69, 9.17) is 4.74 Å². The van der Waals surface area contributed by atoms with Gasteiger partial charge in [-0.1, -0.05) is 31.5 Å². The lowest BCUT2D eigenvalue weighted by Crippen LogP contribution is -2.31. The van der Waals surface area contributed by atoms with E-state index < -0.39 is 0 Å². The van der Waals surface area contributed by atoms with Gasteiger partial charge in [0.05, 0.1) is 6.04 Å². The first-order chi connectivity index (χ1) is 8.36. The lowest BCUT2D eigenvalue weighted by Gasteiger charge is -2.18. The van der Waals surface area contributed by atoms with E-state index in [1.54, 1.807) is 0 Å². The molecule has 0 bridgehead atoms. The van der Waals surface area contributed by atoms with Gasteiger partial charge in [0.25, 0.3) is 0 Å². The van der Waals surface area contributed by atoms with E-state index in [2.05, 4.69) is 30.4 Å². The van der Waals surface area contributed by atoms with Crippen molar-refractivity contribution in [2.75, 3.05) is 6.61 Å². The zero-order valence-corrected chi connectivity index (χ0v) is 10.5. The second-order valence-corrected chi connectivity index (χ2v) is 5.35. The number of nitrogens with one attached hydrogen (secondary N) is 1. The van der Waals surface area contributed by atoms with Gasteiger partial charge in [0.2, 0.25) is 0 Å². The molecule has 2 nitrogen and oxygen atoms in total. The molecule has 3 atom stereocenters. The molecule has 92 valence electrons. The third-order valence-electron chi connectivity index (χ3n) is 4.26. The number of hydrogen-bond acceptors (Lipinski definition) is 2. The largest absolute Gasteiger partial charge is 0.491 e. The molecule has 0 saturated heterocycles. The standard InChI is InChI=1S/C15H21NO/c1-2-11-7-8-12(9-11)16-14-10-17-15-6-4-3-5-13(14)15/h3-6,11-12,14,16H,2,7-10H2,1H3. The minimum absolute atomic E-state index is 0.409. The van der Waals surface area contributed by atoms with Crippen LogP contribution in [0.3, 0.4) is 0 Å². The molecular formula is C15H21NO. The van der Waals surface area contributed by atoms with Crippen molar-refractivity contribution in [1.29, 1.82) is 0 Å². The number of para-hydroxylation sites is 1. The molecule has 17 heavy (non-hydrogen) atoms. The summed E-state index contributed by atoms with van der Waals surface area (Å²) < 4.78 is 5.71. The van der Waals surface area contributed by atoms with Crippen LogP contribution in [0.2, 0.25) is 0 Å². The Balaban J connectivity index is 1.64. The zero-order chi connectivity index (χ0) is 11.7. The molecule has 2 heteroatoms. The van der Waals surface area contributed by atoms with Gasteiger partial charge in [0.1, 0.15) is 12.4 Å². The molecule has 0 spiro atoms. The highest BCUT2D eigenvalue weighted by atomic mass is 16.5. The van der Waals surface area contributed by atoms with E-state index in [0.29, 0.717) is 12.1 Å². The first-order valence-electron chi connectivity index (χ1n) is 6.84. The Bertz CT molecular complexity index is 390. The quantitative estimate of drug-likeness (QED) is 0.862. The van der Waals surface area contributed by atoms with Crippen LogP contribution in [-0.2, 0) is 0 Å². The average Bonchev–Trinajstić information content (AvgIpc) is 2.97. The monoisotopic (exact) mass is 231 g/mol. The van der Waals surface area contributed by atoms with Crippen molar-refractivity contribution in [2.24, 2.45) is 5.92 Å². The molecule has 2 aliphatic rings. The minimum atomic E-state index is 0.409. The average molecular weight is 231 g/mol. The van der Waals surface area contributed by atoms with Crippen molar-refractivity contribution in [1.82, 2.24) is 5.32 Å². The molecule has 0 aromatic heterocycles. The first kappa shape index (κ1) is 11.1. The van der Waals surface area contributed by atoms with Gasteiger partial charge in [0.15, 0.2) is 0 Å². The second-order valence-electron chi connectivity index (χ2n) is 5.35. The van der Waals surface area contributed by atoms with Crippen molar-refractivity contribution < 1.29 is 4.74 Å². The van der Waals surface area contributed by atoms with Crippen molar-refractivity contribution in [2.45, 2.75) is 44.7 Å². The van der Waals surface area contributed by atoms with Gasteiger partial charge in [-0.2, -0.15) is 0 Å². The summed E-state index contributed by atoms with van der Waals surface area (Å²) in [5.41, 5.74) is 1.34. The number of fused-ring (bicyclic) bond motifs is 1. The summed E-state index contributed by atoms with van der Waals surface area (Å²) in [5, 5.41) is 3.77. The molecule has 3 unspecified atom stereocenters. The van der Waals surface area contributed by atoms with Crippen molar-refractivity contribution in [3.05, 3.63) is 29.8 Å². The highest BCUT2D eigenvalue weighted by molar-refractivity contribution is 5.39. The first-order valence-corrected chi connectivity index (χ1v) is 6.84. The summed E-state index contributed by atoms with van der Waals surface area (Å²) >= 11 is 0. The van der Waals surface area contributed by atoms with Gasteiger partial charge in [-0.05, 0) is 31.2 Å². The number of hydrogen-bond donors (Lipinski definition) is 1. The Kier molecular flexibility index (Phi) is 3.06. The minimum Gasteiger partial charge on any atom is -0.491 e. The third kappa shape index (κ3) is 2.19. The van der Waals surface area contributed by atoms with Crippen molar-refractivity contribution in [3.8, 4) is 5.75 Å². The smallest absolute Gasteiger partial charge is 0.124 e. The van der Waals surface area contributed by atoms with Crippen LogP contribution in [0.4, 0.5) is 0 Å². The maximum atomic E-state index is 5.71. The van der Waals surface area contributed by atoms with Gasteiger partial charge in [-0.25, -0.2) is 0 Å². The van der Waals surface area contributed by atoms with Gasteiger partial charge in [-0.15, -0.1) is 0 Å². The van der Waals surface area contributed by atoms with E-state index in [9.17, 15) is 0 Å². The summed E-state index contributed by atoms with van der Waals surface area (Å²) in [6.07, 6.45) is 5.39. The maximum Gasteiger partial charge on any atom is 0.124 e. The summed E-state index contributed by atoms with van der Waals surface area (Å²) in [6.45, 7) is 3.10. The van der Waals surface area contributed by atoms with Gasteiger partial charge in [-0.3, -0.25) is 0 Å². The maximum absolute atomic E-state index is 5.71. The molecule has 0 amide bonds. The lowest BCUT2D eigenvalue weighted by atomic mass is 10.0. The van der Waals surface area contributed by atoms with Crippen LogP contribution >= 0.6 is 0 Å². The summed E-state index contributed by atoms with van der Waals surface area (Å²) in [4.78, 5) is 0. The summed E-state index contributed by atoms with van der Waals surface area (Å²) in [6, 6.07) is 9.51. The van der Waals surface area contributed by atoms with Crippen molar-refractivity contribution in [3.63, 3.8) is 0 Å². The number of ether oxygens (including phenoxy) is 1. The van der Waals surface area contributed by atoms with Crippen LogP contribution in [-0.4, -0.2) is 12.6 Å². The molecule has 1 heterocycles. The van der Waals surface area contributed by atoms with Gasteiger partial charge < -0.3 is 10.1 Å². The lowest BCUT2D eigenvalue weighted by molar-refractivity contribution is 0.295. The SMILES string of the molecule is CCC1CCC(NC2COc3ccccc32)C1. The highest BCUT2D eigenvalue weighted by Gasteiger charge is 2.29. The number of benzene rings is 1. The van der Waals surface area contributed by atoms with E-state index in [-0.39, 0.29) is 0 Å². The van der Waals surface area contributed by atoms with Gasteiger partial charge >= 0.3 is 0 Å². The van der Waals surface area contributed by atoms with Crippen molar-refractivity contribution >= 4 is 0 Å². The van der Waals surface area contributed by atoms with E-state index in [0.717, 1.165) is 18.3 Å². The molecule has 3 rings (SSSR count). The molecule has 1 N–H and O–H groups in total. The highest BCUT2D eigenvalue weighted by Crippen LogP contribution is 2.35. The molecular weight excluding hydrogens is 210 g/mol. The van der Waals surface area contributed by atoms with Crippen LogP contribution in [0.1, 0.15) is 44.2 Å². The van der Waals surface area contributed by atoms with Crippen LogP contribution in [0, 0.1) is 5.92 Å². The molecule has 1 aliphatic carbocycles. The molecule has 1 aliphatic heterocycles. The Hall–Kier alpha value is -1.02. The number of rotatable bonds is 3. The normalized spacial score (nSPS) is 31.2. The second kappa shape index (κ2) is 4.69. The molecule has 1 fully saturated rings. The predicted molar refractivity (Wildman–Crippen MR) is 69.2 cm³/mol. The van der Waals surface area contributed by atoms with Crippen LogP contribution in [0.5, 0.6) is 5.75 Å². The summed E-state index contributed by atoms with van der Waals surface area (Å²) in [7, 11) is 0. The van der Waals surface area contributed by atoms with E-state index >= 15 is 0 Å². The van der Waals surface area contributed by atoms with E-state index in [1.165, 1.54) is 31.2 Å². The third-order valence-corrected chi connectivity index (χ3v) is 4.26. The van der Waals surface area contributed by atoms with Crippen LogP contribution in [0.15, 0.2) is 24.3 Å². The summed E-state index contributed by atoms with van der Waals surface area (Å²) in [5.74, 6) is 2.00. The molecule has 1 aromatic rings.